The molecule has 0 aliphatic heterocycles. The predicted octanol–water partition coefficient (Wildman–Crippen LogP) is 5.30. The number of nitro groups is 1. The van der Waals surface area contributed by atoms with E-state index in [4.69, 9.17) is 21.1 Å². The number of ether oxygens (including phenoxy) is 2. The van der Waals surface area contributed by atoms with E-state index in [2.05, 4.69) is 10.3 Å². The minimum Gasteiger partial charge on any atom is -0.493 e. The number of rotatable bonds is 8. The van der Waals surface area contributed by atoms with Crippen molar-refractivity contribution >= 4 is 23.2 Å². The standard InChI is InChI=1S/C25H21ClN4O5/c1-29-13-12-27-24(29)23(16-6-4-3-5-7-16)28-25(31)17-8-10-21(22(14-17)34-2)35-20-11-9-18(26)15-19(20)30(32)33/h3-15,23H,1-2H3,(H,28,31). The molecule has 0 aliphatic rings. The van der Waals surface area contributed by atoms with Gasteiger partial charge in [0.2, 0.25) is 5.75 Å². The fourth-order valence-corrected chi connectivity index (χ4v) is 3.71. The number of nitrogens with zero attached hydrogens (tertiary/aromatic N) is 3. The van der Waals surface area contributed by atoms with E-state index in [-0.39, 0.29) is 33.9 Å². The lowest BCUT2D eigenvalue weighted by Crippen LogP contribution is -2.31. The molecule has 1 unspecified atom stereocenters. The van der Waals surface area contributed by atoms with Crippen LogP contribution in [0.25, 0.3) is 0 Å². The zero-order valence-electron chi connectivity index (χ0n) is 18.8. The average Bonchev–Trinajstić information content (AvgIpc) is 3.29. The molecule has 3 aromatic carbocycles. The summed E-state index contributed by atoms with van der Waals surface area (Å²) in [5.74, 6) is 0.748. The fourth-order valence-electron chi connectivity index (χ4n) is 3.54. The van der Waals surface area contributed by atoms with Gasteiger partial charge in [-0.25, -0.2) is 4.98 Å². The molecule has 1 heterocycles. The second-order valence-electron chi connectivity index (χ2n) is 7.55. The van der Waals surface area contributed by atoms with Gasteiger partial charge in [0.05, 0.1) is 12.0 Å². The van der Waals surface area contributed by atoms with Crippen molar-refractivity contribution in [3.05, 3.63) is 111 Å². The predicted molar refractivity (Wildman–Crippen MR) is 130 cm³/mol. The first kappa shape index (κ1) is 23.8. The summed E-state index contributed by atoms with van der Waals surface area (Å²) in [5.41, 5.74) is 0.897. The molecule has 4 aromatic rings. The SMILES string of the molecule is COc1cc(C(=O)NC(c2ccccc2)c2nccn2C)ccc1Oc1ccc(Cl)cc1[N+](=O)[O-]. The Kier molecular flexibility index (Phi) is 6.98. The van der Waals surface area contributed by atoms with E-state index in [9.17, 15) is 14.9 Å². The van der Waals surface area contributed by atoms with Crippen LogP contribution in [0.15, 0.2) is 79.1 Å². The van der Waals surface area contributed by atoms with Gasteiger partial charge < -0.3 is 19.4 Å². The molecule has 1 N–H and O–H groups in total. The number of hydrogen-bond acceptors (Lipinski definition) is 6. The van der Waals surface area contributed by atoms with Crippen LogP contribution in [0.4, 0.5) is 5.69 Å². The Balaban J connectivity index is 1.62. The molecule has 35 heavy (non-hydrogen) atoms. The van der Waals surface area contributed by atoms with Crippen LogP contribution in [0.5, 0.6) is 17.2 Å². The number of nitrogens with one attached hydrogen (secondary N) is 1. The lowest BCUT2D eigenvalue weighted by molar-refractivity contribution is -0.385. The van der Waals surface area contributed by atoms with E-state index in [0.29, 0.717) is 11.4 Å². The molecule has 0 saturated heterocycles. The number of carbonyl (C=O) groups excluding carboxylic acids is 1. The molecule has 0 fully saturated rings. The highest BCUT2D eigenvalue weighted by atomic mass is 35.5. The molecule has 0 bridgehead atoms. The van der Waals surface area contributed by atoms with E-state index in [0.717, 1.165) is 5.56 Å². The van der Waals surface area contributed by atoms with E-state index < -0.39 is 11.0 Å². The molecule has 0 spiro atoms. The van der Waals surface area contributed by atoms with Crippen LogP contribution < -0.4 is 14.8 Å². The monoisotopic (exact) mass is 492 g/mol. The Labute approximate surface area is 206 Å². The highest BCUT2D eigenvalue weighted by molar-refractivity contribution is 6.30. The van der Waals surface area contributed by atoms with Gasteiger partial charge in [-0.2, -0.15) is 0 Å². The summed E-state index contributed by atoms with van der Waals surface area (Å²) >= 11 is 5.88. The number of halogens is 1. The van der Waals surface area contributed by atoms with Gasteiger partial charge in [-0.05, 0) is 35.9 Å². The number of carbonyl (C=O) groups is 1. The number of nitro benzene ring substituents is 1. The summed E-state index contributed by atoms with van der Waals surface area (Å²) in [7, 11) is 3.27. The number of aryl methyl sites for hydroxylation is 1. The van der Waals surface area contributed by atoms with Crippen LogP contribution in [0.1, 0.15) is 27.8 Å². The number of amides is 1. The van der Waals surface area contributed by atoms with E-state index in [1.165, 1.54) is 37.4 Å². The number of aromatic nitrogens is 2. The zero-order chi connectivity index (χ0) is 24.9. The van der Waals surface area contributed by atoms with Crippen molar-refractivity contribution in [2.45, 2.75) is 6.04 Å². The summed E-state index contributed by atoms with van der Waals surface area (Å²) in [4.78, 5) is 28.4. The minimum atomic E-state index is -0.586. The van der Waals surface area contributed by atoms with Crippen LogP contribution >= 0.6 is 11.6 Å². The van der Waals surface area contributed by atoms with Crippen molar-refractivity contribution in [1.29, 1.82) is 0 Å². The largest absolute Gasteiger partial charge is 0.493 e. The second-order valence-corrected chi connectivity index (χ2v) is 7.99. The first-order valence-electron chi connectivity index (χ1n) is 10.5. The van der Waals surface area contributed by atoms with Crippen LogP contribution in [-0.4, -0.2) is 27.5 Å². The molecule has 1 atom stereocenters. The van der Waals surface area contributed by atoms with Gasteiger partial charge in [0.25, 0.3) is 5.91 Å². The van der Waals surface area contributed by atoms with Crippen molar-refractivity contribution in [3.63, 3.8) is 0 Å². The van der Waals surface area contributed by atoms with Gasteiger partial charge in [-0.3, -0.25) is 14.9 Å². The van der Waals surface area contributed by atoms with Gasteiger partial charge in [0.1, 0.15) is 11.9 Å². The topological polar surface area (TPSA) is 109 Å². The molecule has 10 heteroatoms. The first-order valence-corrected chi connectivity index (χ1v) is 10.9. The minimum absolute atomic E-state index is 0.00572. The Hall–Kier alpha value is -4.37. The van der Waals surface area contributed by atoms with Crippen molar-refractivity contribution < 1.29 is 19.2 Å². The molecule has 0 aliphatic carbocycles. The molecular weight excluding hydrogens is 472 g/mol. The van der Waals surface area contributed by atoms with Gasteiger partial charge in [0, 0.05) is 36.1 Å². The van der Waals surface area contributed by atoms with E-state index >= 15 is 0 Å². The zero-order valence-corrected chi connectivity index (χ0v) is 19.6. The average molecular weight is 493 g/mol. The Morgan fingerprint density at radius 2 is 1.83 bits per heavy atom. The highest BCUT2D eigenvalue weighted by Crippen LogP contribution is 2.38. The smallest absolute Gasteiger partial charge is 0.313 e. The first-order chi connectivity index (χ1) is 16.9. The Morgan fingerprint density at radius 3 is 2.49 bits per heavy atom. The molecule has 178 valence electrons. The Bertz CT molecular complexity index is 1370. The quantitative estimate of drug-likeness (QED) is 0.264. The van der Waals surface area contributed by atoms with Crippen molar-refractivity contribution in [2.24, 2.45) is 7.05 Å². The van der Waals surface area contributed by atoms with Gasteiger partial charge in [-0.15, -0.1) is 0 Å². The summed E-state index contributed by atoms with van der Waals surface area (Å²) < 4.78 is 13.0. The van der Waals surface area contributed by atoms with Gasteiger partial charge in [-0.1, -0.05) is 41.9 Å². The molecule has 1 aromatic heterocycles. The molecule has 9 nitrogen and oxygen atoms in total. The summed E-state index contributed by atoms with van der Waals surface area (Å²) in [6.45, 7) is 0. The number of hydrogen-bond donors (Lipinski definition) is 1. The summed E-state index contributed by atoms with van der Waals surface area (Å²) in [5, 5.41) is 14.6. The number of benzene rings is 3. The fraction of sp³-hybridized carbons (Fsp3) is 0.120. The molecule has 0 radical (unpaired) electrons. The van der Waals surface area contributed by atoms with Crippen LogP contribution in [0.2, 0.25) is 5.02 Å². The molecule has 0 saturated carbocycles. The summed E-state index contributed by atoms with van der Waals surface area (Å²) in [6, 6.07) is 17.7. The lowest BCUT2D eigenvalue weighted by atomic mass is 10.1. The van der Waals surface area contributed by atoms with E-state index in [1.54, 1.807) is 12.3 Å². The van der Waals surface area contributed by atoms with Gasteiger partial charge >= 0.3 is 5.69 Å². The second kappa shape index (κ2) is 10.3. The lowest BCUT2D eigenvalue weighted by Gasteiger charge is -2.19. The highest BCUT2D eigenvalue weighted by Gasteiger charge is 2.23. The third kappa shape index (κ3) is 5.25. The van der Waals surface area contributed by atoms with Crippen LogP contribution in [0, 0.1) is 10.1 Å². The maximum Gasteiger partial charge on any atom is 0.313 e. The van der Waals surface area contributed by atoms with Crippen molar-refractivity contribution in [1.82, 2.24) is 14.9 Å². The van der Waals surface area contributed by atoms with Crippen LogP contribution in [-0.2, 0) is 7.05 Å². The third-order valence-electron chi connectivity index (χ3n) is 5.29. The maximum atomic E-state index is 13.2. The Morgan fingerprint density at radius 1 is 1.09 bits per heavy atom. The molecule has 1 amide bonds. The third-order valence-corrected chi connectivity index (χ3v) is 5.52. The van der Waals surface area contributed by atoms with Crippen molar-refractivity contribution in [3.8, 4) is 17.2 Å². The number of methoxy groups -OCH3 is 1. The number of imidazole rings is 1. The molecular formula is C25H21ClN4O5. The maximum absolute atomic E-state index is 13.2. The summed E-state index contributed by atoms with van der Waals surface area (Å²) in [6.07, 6.45) is 3.48. The van der Waals surface area contributed by atoms with Crippen LogP contribution in [0.3, 0.4) is 0 Å². The normalized spacial score (nSPS) is 11.5. The van der Waals surface area contributed by atoms with E-state index in [1.807, 2.05) is 48.1 Å². The van der Waals surface area contributed by atoms with Crippen molar-refractivity contribution in [2.75, 3.05) is 7.11 Å². The molecule has 4 rings (SSSR count). The van der Waals surface area contributed by atoms with Gasteiger partial charge in [0.15, 0.2) is 11.5 Å².